The van der Waals surface area contributed by atoms with Crippen LogP contribution in [0.2, 0.25) is 0 Å². The van der Waals surface area contributed by atoms with E-state index in [2.05, 4.69) is 163 Å². The second-order valence-electron chi connectivity index (χ2n) is 16.8. The van der Waals surface area contributed by atoms with Crippen LogP contribution < -0.4 is 0 Å². The van der Waals surface area contributed by atoms with E-state index in [0.29, 0.717) is 0 Å². The van der Waals surface area contributed by atoms with Crippen LogP contribution in [-0.2, 0) is 25.5 Å². The van der Waals surface area contributed by atoms with Crippen molar-refractivity contribution in [1.29, 1.82) is 0 Å². The first kappa shape index (κ1) is 41.9. The van der Waals surface area contributed by atoms with E-state index < -0.39 is 0 Å². The van der Waals surface area contributed by atoms with Gasteiger partial charge in [-0.3, -0.25) is 9.37 Å². The molecule has 0 saturated carbocycles. The number of hydrogen-bond acceptors (Lipinski definition) is 5. The van der Waals surface area contributed by atoms with E-state index in [1.807, 2.05) is 42.5 Å². The molecule has 4 aromatic heterocycles. The van der Waals surface area contributed by atoms with Gasteiger partial charge in [0.15, 0.2) is 0 Å². The van der Waals surface area contributed by atoms with Crippen molar-refractivity contribution in [3.63, 3.8) is 0 Å². The zero-order valence-corrected chi connectivity index (χ0v) is 38.8. The number of aromatic nitrogens is 4. The third-order valence-corrected chi connectivity index (χ3v) is 12.7. The molecule has 4 heterocycles. The summed E-state index contributed by atoms with van der Waals surface area (Å²) in [7, 11) is 0. The Bertz CT molecular complexity index is 3650. The zero-order chi connectivity index (χ0) is 43.4. The molecule has 0 aliphatic rings. The van der Waals surface area contributed by atoms with Crippen LogP contribution in [-0.4, -0.2) is 19.5 Å². The molecular weight excluding hydrogens is 1000 g/mol. The van der Waals surface area contributed by atoms with Crippen molar-refractivity contribution in [2.24, 2.45) is 0 Å². The van der Waals surface area contributed by atoms with Gasteiger partial charge in [0.05, 0.1) is 32.7 Å². The van der Waals surface area contributed by atoms with Crippen molar-refractivity contribution < 1.29 is 28.9 Å². The van der Waals surface area contributed by atoms with Crippen LogP contribution in [0, 0.1) is 17.9 Å². The van der Waals surface area contributed by atoms with E-state index in [9.17, 15) is 4.39 Å². The maximum atomic E-state index is 13.0. The van der Waals surface area contributed by atoms with Crippen molar-refractivity contribution in [2.75, 3.05) is 0 Å². The molecule has 0 fully saturated rings. The summed E-state index contributed by atoms with van der Waals surface area (Å²) in [6.07, 6.45) is 1.74. The fourth-order valence-corrected chi connectivity index (χ4v) is 9.45. The van der Waals surface area contributed by atoms with Gasteiger partial charge in [-0.1, -0.05) is 135 Å². The molecule has 317 valence electrons. The normalized spacial score (nSPS) is 11.6. The number of para-hydroxylation sites is 3. The first-order valence-corrected chi connectivity index (χ1v) is 22.0. The van der Waals surface area contributed by atoms with Gasteiger partial charge in [-0.05, 0) is 75.7 Å². The Balaban J connectivity index is 0.000000182. The molecule has 0 bridgehead atoms. The van der Waals surface area contributed by atoms with Crippen LogP contribution >= 0.6 is 11.3 Å². The molecule has 0 spiro atoms. The summed E-state index contributed by atoms with van der Waals surface area (Å²) >= 11 is 1.65. The molecule has 0 N–H and O–H groups in total. The molecule has 0 aliphatic heterocycles. The quantitative estimate of drug-likeness (QED) is 0.161. The van der Waals surface area contributed by atoms with Crippen LogP contribution in [0.1, 0.15) is 26.3 Å². The average Bonchev–Trinajstić information content (AvgIpc) is 4.06. The number of halogens is 1. The third-order valence-electron chi connectivity index (χ3n) is 11.6. The first-order valence-electron chi connectivity index (χ1n) is 21.2. The monoisotopic (exact) mass is 1040 g/mol. The van der Waals surface area contributed by atoms with Crippen LogP contribution in [0.5, 0.6) is 0 Å². The molecule has 65 heavy (non-hydrogen) atoms. The van der Waals surface area contributed by atoms with Gasteiger partial charge in [-0.2, -0.15) is 0 Å². The summed E-state index contributed by atoms with van der Waals surface area (Å²) in [4.78, 5) is 14.2. The van der Waals surface area contributed by atoms with E-state index in [1.54, 1.807) is 23.6 Å². The second-order valence-corrected chi connectivity index (χ2v) is 17.8. The summed E-state index contributed by atoms with van der Waals surface area (Å²) in [5.74, 6) is 0.522. The molecule has 0 saturated heterocycles. The van der Waals surface area contributed by atoms with E-state index in [1.165, 1.54) is 28.8 Å². The van der Waals surface area contributed by atoms with E-state index in [-0.39, 0.29) is 31.3 Å². The summed E-state index contributed by atoms with van der Waals surface area (Å²) in [6, 6.07) is 65.3. The summed E-state index contributed by atoms with van der Waals surface area (Å²) in [5.41, 5.74) is 12.7. The maximum Gasteiger partial charge on any atom is 0.128 e. The van der Waals surface area contributed by atoms with Gasteiger partial charge in [-0.25, -0.2) is 4.98 Å². The Morgan fingerprint density at radius 1 is 0.631 bits per heavy atom. The minimum atomic E-state index is -0.300. The van der Waals surface area contributed by atoms with Crippen LogP contribution in [0.4, 0.5) is 4.39 Å². The van der Waals surface area contributed by atoms with Crippen molar-refractivity contribution in [2.45, 2.75) is 26.2 Å². The molecular formula is C57H39FIrN4OS-2. The van der Waals surface area contributed by atoms with Gasteiger partial charge in [0.1, 0.15) is 10.6 Å². The Kier molecular flexibility index (Phi) is 11.0. The number of benzene rings is 8. The molecule has 12 aromatic rings. The summed E-state index contributed by atoms with van der Waals surface area (Å²) in [5, 5.41) is 5.39. The van der Waals surface area contributed by atoms with Gasteiger partial charge in [0.25, 0.3) is 0 Å². The predicted octanol–water partition coefficient (Wildman–Crippen LogP) is 15.5. The Hall–Kier alpha value is -7.09. The van der Waals surface area contributed by atoms with Gasteiger partial charge in [-0.15, -0.1) is 59.4 Å². The number of pyridine rings is 1. The number of imidazole rings is 1. The standard InChI is InChI=1S/C39H29N2O.C18H10FN2S.Ir/c1-39(2,3)32-24-27(25-12-5-4-6-13-25)21-23-34(32)41-35-19-10-9-18-33(35)40-38(41)31-17-11-16-29-30-22-20-26-14-7-8-15-28(26)36(30)42-37(29)31;19-14-7-5-12(6-8-14)16-11-13(9-10-20-16)18-21-15-3-1-2-4-17(15)22-18;/h4-16,18-24H,1-3H3;1-5,7-11H;/q2*-1;. The Morgan fingerprint density at radius 3 is 2.22 bits per heavy atom. The van der Waals surface area contributed by atoms with Gasteiger partial charge in [0, 0.05) is 54.1 Å². The molecule has 12 rings (SSSR count). The number of nitrogens with zero attached hydrogens (tertiary/aromatic N) is 4. The molecule has 0 atom stereocenters. The van der Waals surface area contributed by atoms with Crippen LogP contribution in [0.15, 0.2) is 187 Å². The van der Waals surface area contributed by atoms with Gasteiger partial charge >= 0.3 is 0 Å². The number of fused-ring (bicyclic) bond motifs is 7. The van der Waals surface area contributed by atoms with Crippen molar-refractivity contribution in [3.05, 3.63) is 206 Å². The van der Waals surface area contributed by atoms with Crippen LogP contribution in [0.3, 0.4) is 0 Å². The van der Waals surface area contributed by atoms with Crippen molar-refractivity contribution in [3.8, 4) is 50.0 Å². The van der Waals surface area contributed by atoms with Gasteiger partial charge < -0.3 is 14.0 Å². The predicted molar refractivity (Wildman–Crippen MR) is 261 cm³/mol. The van der Waals surface area contributed by atoms with Gasteiger partial charge in [0.2, 0.25) is 0 Å². The maximum absolute atomic E-state index is 13.0. The van der Waals surface area contributed by atoms with E-state index >= 15 is 0 Å². The van der Waals surface area contributed by atoms with E-state index in [0.717, 1.165) is 92.9 Å². The number of furan rings is 1. The summed E-state index contributed by atoms with van der Waals surface area (Å²) in [6.45, 7) is 6.82. The largest absolute Gasteiger partial charge is 0.500 e. The first-order chi connectivity index (χ1) is 31.3. The second kappa shape index (κ2) is 17.1. The zero-order valence-electron chi connectivity index (χ0n) is 35.6. The molecule has 0 amide bonds. The molecule has 5 nitrogen and oxygen atoms in total. The van der Waals surface area contributed by atoms with E-state index in [4.69, 9.17) is 9.40 Å². The number of thiazole rings is 1. The molecule has 8 aromatic carbocycles. The molecule has 0 unspecified atom stereocenters. The molecule has 0 aliphatic carbocycles. The minimum absolute atomic E-state index is 0. The number of hydrogen-bond donors (Lipinski definition) is 0. The average molecular weight is 1040 g/mol. The number of rotatable bonds is 5. The SMILES string of the molecule is CC(C)(C)c1cc(-c2ccccc2)ccc1-n1c(-c2[c-]ccc3c2oc2c4ccccc4ccc32)nc2ccccc21.Fc1c[c-]c(-c2cc(-c3nc4ccccc4s3)ccn2)cc1.[Ir]. The van der Waals surface area contributed by atoms with Crippen LogP contribution in [0.25, 0.3) is 104 Å². The minimum Gasteiger partial charge on any atom is -0.500 e. The third kappa shape index (κ3) is 7.84. The Morgan fingerprint density at radius 2 is 1.40 bits per heavy atom. The molecule has 8 heteroatoms. The Labute approximate surface area is 393 Å². The van der Waals surface area contributed by atoms with Crippen molar-refractivity contribution >= 4 is 65.3 Å². The topological polar surface area (TPSA) is 56.7 Å². The fourth-order valence-electron chi connectivity index (χ4n) is 8.49. The fraction of sp³-hybridized carbons (Fsp3) is 0.0702. The van der Waals surface area contributed by atoms with Crippen molar-refractivity contribution in [1.82, 2.24) is 19.5 Å². The smallest absolute Gasteiger partial charge is 0.128 e. The summed E-state index contributed by atoms with van der Waals surface area (Å²) < 4.78 is 23.2. The molecule has 1 radical (unpaired) electrons.